The number of hydrogen-bond donors (Lipinski definition) is 0. The van der Waals surface area contributed by atoms with Crippen LogP contribution >= 0.6 is 11.6 Å². The summed E-state index contributed by atoms with van der Waals surface area (Å²) in [5, 5.41) is 1.61. The van der Waals surface area contributed by atoms with Gasteiger partial charge in [0, 0.05) is 47.3 Å². The van der Waals surface area contributed by atoms with Gasteiger partial charge in [0.2, 0.25) is 0 Å². The third-order valence-electron chi connectivity index (χ3n) is 5.51. The number of amides is 1. The first-order chi connectivity index (χ1) is 15.5. The van der Waals surface area contributed by atoms with Crippen LogP contribution in [0.1, 0.15) is 19.4 Å². The van der Waals surface area contributed by atoms with E-state index in [1.165, 1.54) is 12.1 Å². The Morgan fingerprint density at radius 3 is 2.47 bits per heavy atom. The molecule has 1 heterocycles. The first-order valence-corrected chi connectivity index (χ1v) is 11.0. The third-order valence-corrected chi connectivity index (χ3v) is 5.74. The maximum absolute atomic E-state index is 13.6. The molecule has 32 heavy (non-hydrogen) atoms. The van der Waals surface area contributed by atoms with Crippen LogP contribution in [0.5, 0.6) is 5.75 Å². The largest absolute Gasteiger partial charge is 0.415 e. The molecular formula is C26H24ClFN2O2. The van der Waals surface area contributed by atoms with Crippen molar-refractivity contribution in [1.29, 1.82) is 0 Å². The van der Waals surface area contributed by atoms with E-state index in [-0.39, 0.29) is 5.82 Å². The fourth-order valence-corrected chi connectivity index (χ4v) is 4.08. The van der Waals surface area contributed by atoms with Crippen molar-refractivity contribution in [2.24, 2.45) is 0 Å². The predicted molar refractivity (Wildman–Crippen MR) is 127 cm³/mol. The average molecular weight is 451 g/mol. The van der Waals surface area contributed by atoms with Gasteiger partial charge in [0.1, 0.15) is 11.6 Å². The zero-order chi connectivity index (χ0) is 22.7. The molecule has 0 saturated heterocycles. The Balaban J connectivity index is 1.81. The van der Waals surface area contributed by atoms with E-state index in [1.54, 1.807) is 23.1 Å². The van der Waals surface area contributed by atoms with Crippen LogP contribution < -0.4 is 4.74 Å². The molecule has 0 fully saturated rings. The highest BCUT2D eigenvalue weighted by molar-refractivity contribution is 6.30. The Hall–Kier alpha value is -3.31. The smallest absolute Gasteiger partial charge is 0.410 e. The van der Waals surface area contributed by atoms with Crippen molar-refractivity contribution >= 4 is 28.6 Å². The molecule has 4 aromatic rings. The highest BCUT2D eigenvalue weighted by atomic mass is 35.5. The van der Waals surface area contributed by atoms with Crippen molar-refractivity contribution in [3.8, 4) is 16.9 Å². The molecule has 0 aliphatic heterocycles. The molecular weight excluding hydrogens is 427 g/mol. The Bertz CT molecular complexity index is 1250. The molecule has 0 aliphatic carbocycles. The van der Waals surface area contributed by atoms with Gasteiger partial charge in [-0.3, -0.25) is 0 Å². The number of fused-ring (bicyclic) bond motifs is 1. The minimum Gasteiger partial charge on any atom is -0.410 e. The van der Waals surface area contributed by atoms with Crippen LogP contribution in [0.4, 0.5) is 9.18 Å². The fraction of sp³-hybridized carbons (Fsp3) is 0.192. The predicted octanol–water partition coefficient (Wildman–Crippen LogP) is 6.99. The first-order valence-electron chi connectivity index (χ1n) is 10.6. The van der Waals surface area contributed by atoms with Crippen LogP contribution in [0, 0.1) is 5.82 Å². The van der Waals surface area contributed by atoms with Crippen molar-refractivity contribution in [2.75, 3.05) is 13.1 Å². The quantitative estimate of drug-likeness (QED) is 0.317. The van der Waals surface area contributed by atoms with Crippen molar-refractivity contribution < 1.29 is 13.9 Å². The van der Waals surface area contributed by atoms with E-state index < -0.39 is 6.09 Å². The summed E-state index contributed by atoms with van der Waals surface area (Å²) in [4.78, 5) is 14.3. The van der Waals surface area contributed by atoms with Crippen molar-refractivity contribution in [1.82, 2.24) is 9.47 Å². The van der Waals surface area contributed by atoms with Crippen LogP contribution in [0.15, 0.2) is 72.9 Å². The second-order valence-electron chi connectivity index (χ2n) is 7.49. The number of nitrogens with zero attached hydrogens (tertiary/aromatic N) is 2. The number of benzene rings is 3. The molecule has 0 bridgehead atoms. The van der Waals surface area contributed by atoms with Gasteiger partial charge < -0.3 is 14.2 Å². The molecule has 0 N–H and O–H groups in total. The fourth-order valence-electron chi connectivity index (χ4n) is 3.86. The van der Waals surface area contributed by atoms with Gasteiger partial charge in [-0.25, -0.2) is 9.18 Å². The molecule has 164 valence electrons. The molecule has 0 saturated carbocycles. The van der Waals surface area contributed by atoms with Crippen LogP contribution in [0.25, 0.3) is 22.0 Å². The van der Waals surface area contributed by atoms with Gasteiger partial charge in [-0.05, 0) is 67.4 Å². The average Bonchev–Trinajstić information content (AvgIpc) is 3.18. The van der Waals surface area contributed by atoms with E-state index in [0.29, 0.717) is 30.4 Å². The van der Waals surface area contributed by atoms with E-state index in [4.69, 9.17) is 16.3 Å². The highest BCUT2D eigenvalue weighted by Gasteiger charge is 2.19. The van der Waals surface area contributed by atoms with Gasteiger partial charge >= 0.3 is 6.09 Å². The van der Waals surface area contributed by atoms with Crippen LogP contribution in [0.3, 0.4) is 0 Å². The Morgan fingerprint density at radius 1 is 1.03 bits per heavy atom. The zero-order valence-corrected chi connectivity index (χ0v) is 18.8. The Morgan fingerprint density at radius 2 is 1.78 bits per heavy atom. The van der Waals surface area contributed by atoms with Gasteiger partial charge in [0.15, 0.2) is 0 Å². The summed E-state index contributed by atoms with van der Waals surface area (Å²) in [6, 6.07) is 19.7. The van der Waals surface area contributed by atoms with E-state index in [9.17, 15) is 9.18 Å². The lowest BCUT2D eigenvalue weighted by molar-refractivity contribution is 0.157. The molecule has 0 radical (unpaired) electrons. The van der Waals surface area contributed by atoms with Crippen molar-refractivity contribution in [3.05, 3.63) is 89.3 Å². The summed E-state index contributed by atoms with van der Waals surface area (Å²) in [5.74, 6) is 0.127. The lowest BCUT2D eigenvalue weighted by Crippen LogP contribution is -2.33. The van der Waals surface area contributed by atoms with E-state index in [0.717, 1.165) is 27.6 Å². The standard InChI is InChI=1S/C26H24ClFN2O2/c1-3-29(4-2)26(31)32-24-13-12-23-22(25(24)19-8-10-21(28)11-9-19)14-15-30(23)17-18-6-5-7-20(27)16-18/h5-16H,3-4,17H2,1-2H3. The number of aromatic nitrogens is 1. The minimum atomic E-state index is -0.406. The number of rotatable bonds is 6. The number of carbonyl (C=O) groups excluding carboxylic acids is 1. The summed E-state index contributed by atoms with van der Waals surface area (Å²) in [6.45, 7) is 5.57. The van der Waals surface area contributed by atoms with Crippen LogP contribution in [-0.4, -0.2) is 28.6 Å². The maximum atomic E-state index is 13.6. The number of ether oxygens (including phenoxy) is 1. The van der Waals surface area contributed by atoms with Gasteiger partial charge in [0.05, 0.1) is 0 Å². The minimum absolute atomic E-state index is 0.318. The second kappa shape index (κ2) is 9.45. The molecule has 0 aliphatic rings. The molecule has 0 spiro atoms. The first kappa shape index (κ1) is 21.9. The van der Waals surface area contributed by atoms with Gasteiger partial charge in [-0.2, -0.15) is 0 Å². The highest BCUT2D eigenvalue weighted by Crippen LogP contribution is 2.38. The number of carbonyl (C=O) groups is 1. The Kier molecular flexibility index (Phi) is 6.47. The van der Waals surface area contributed by atoms with Gasteiger partial charge in [0.25, 0.3) is 0 Å². The Labute approximate surface area is 191 Å². The summed E-state index contributed by atoms with van der Waals surface area (Å²) in [7, 11) is 0. The third kappa shape index (κ3) is 4.48. The summed E-state index contributed by atoms with van der Waals surface area (Å²) in [6.07, 6.45) is 1.59. The van der Waals surface area contributed by atoms with Gasteiger partial charge in [-0.15, -0.1) is 0 Å². The van der Waals surface area contributed by atoms with E-state index in [2.05, 4.69) is 4.57 Å². The molecule has 0 atom stereocenters. The molecule has 0 unspecified atom stereocenters. The zero-order valence-electron chi connectivity index (χ0n) is 18.0. The second-order valence-corrected chi connectivity index (χ2v) is 7.93. The normalized spacial score (nSPS) is 11.0. The monoisotopic (exact) mass is 450 g/mol. The van der Waals surface area contributed by atoms with Crippen LogP contribution in [-0.2, 0) is 6.54 Å². The van der Waals surface area contributed by atoms with Crippen LogP contribution in [0.2, 0.25) is 5.02 Å². The maximum Gasteiger partial charge on any atom is 0.415 e. The SMILES string of the molecule is CCN(CC)C(=O)Oc1ccc2c(ccn2Cc2cccc(Cl)c2)c1-c1ccc(F)cc1. The molecule has 4 rings (SSSR count). The summed E-state index contributed by atoms with van der Waals surface area (Å²) < 4.78 is 21.5. The molecule has 6 heteroatoms. The number of hydrogen-bond acceptors (Lipinski definition) is 2. The molecule has 1 amide bonds. The molecule has 3 aromatic carbocycles. The van der Waals surface area contributed by atoms with Crippen molar-refractivity contribution in [3.63, 3.8) is 0 Å². The summed E-state index contributed by atoms with van der Waals surface area (Å²) in [5.41, 5.74) is 3.59. The van der Waals surface area contributed by atoms with Crippen molar-refractivity contribution in [2.45, 2.75) is 20.4 Å². The van der Waals surface area contributed by atoms with E-state index >= 15 is 0 Å². The van der Waals surface area contributed by atoms with E-state index in [1.807, 2.05) is 56.4 Å². The lowest BCUT2D eigenvalue weighted by atomic mass is 10.0. The molecule has 4 nitrogen and oxygen atoms in total. The van der Waals surface area contributed by atoms with Gasteiger partial charge in [-0.1, -0.05) is 35.9 Å². The summed E-state index contributed by atoms with van der Waals surface area (Å²) >= 11 is 6.15. The molecule has 1 aromatic heterocycles. The topological polar surface area (TPSA) is 34.5 Å². The number of halogens is 2. The lowest BCUT2D eigenvalue weighted by Gasteiger charge is -2.20.